The van der Waals surface area contributed by atoms with Crippen LogP contribution in [0, 0.1) is 19.8 Å². The van der Waals surface area contributed by atoms with Crippen molar-refractivity contribution in [2.24, 2.45) is 5.92 Å². The van der Waals surface area contributed by atoms with E-state index in [0.717, 1.165) is 56.1 Å². The minimum atomic E-state index is 0.246. The maximum absolute atomic E-state index is 12.3. The van der Waals surface area contributed by atoms with Gasteiger partial charge in [-0.2, -0.15) is 0 Å². The van der Waals surface area contributed by atoms with E-state index in [2.05, 4.69) is 9.88 Å². The first-order valence-electron chi connectivity index (χ1n) is 8.35. The van der Waals surface area contributed by atoms with E-state index in [1.54, 1.807) is 0 Å². The fourth-order valence-corrected chi connectivity index (χ4v) is 3.87. The van der Waals surface area contributed by atoms with Gasteiger partial charge < -0.3 is 4.42 Å². The van der Waals surface area contributed by atoms with Crippen LogP contribution in [-0.2, 0) is 11.3 Å². The largest absolute Gasteiger partial charge is 0.444 e. The minimum absolute atomic E-state index is 0.246. The molecule has 2 aliphatic rings. The Morgan fingerprint density at radius 2 is 2.00 bits per heavy atom. The van der Waals surface area contributed by atoms with Crippen molar-refractivity contribution < 1.29 is 9.21 Å². The van der Waals surface area contributed by atoms with E-state index in [1.807, 2.05) is 13.8 Å². The third-order valence-electron chi connectivity index (χ3n) is 5.14. The summed E-state index contributed by atoms with van der Waals surface area (Å²) in [7, 11) is 0. The first kappa shape index (κ1) is 14.8. The lowest BCUT2D eigenvalue weighted by Gasteiger charge is -2.40. The number of carbonyl (C=O) groups excluding carboxylic acids is 1. The van der Waals surface area contributed by atoms with Crippen LogP contribution in [-0.4, -0.2) is 28.3 Å². The predicted molar refractivity (Wildman–Crippen MR) is 81.0 cm³/mol. The maximum Gasteiger partial charge on any atom is 0.208 e. The van der Waals surface area contributed by atoms with Crippen LogP contribution in [0.4, 0.5) is 0 Å². The third-order valence-corrected chi connectivity index (χ3v) is 5.14. The third kappa shape index (κ3) is 3.20. The summed E-state index contributed by atoms with van der Waals surface area (Å²) in [6.07, 6.45) is 7.76. The Balaban J connectivity index is 1.73. The van der Waals surface area contributed by atoms with Crippen LogP contribution in [0.5, 0.6) is 0 Å². The molecule has 4 nitrogen and oxygen atoms in total. The molecule has 1 aromatic heterocycles. The summed E-state index contributed by atoms with van der Waals surface area (Å²) in [6.45, 7) is 5.77. The van der Waals surface area contributed by atoms with Crippen LogP contribution in [0.25, 0.3) is 0 Å². The molecule has 0 amide bonds. The molecule has 116 valence electrons. The lowest BCUT2D eigenvalue weighted by atomic mass is 9.79. The van der Waals surface area contributed by atoms with Crippen LogP contribution < -0.4 is 0 Å². The number of rotatable bonds is 3. The van der Waals surface area contributed by atoms with Crippen LogP contribution in [0.15, 0.2) is 4.42 Å². The van der Waals surface area contributed by atoms with E-state index in [9.17, 15) is 4.79 Å². The summed E-state index contributed by atoms with van der Waals surface area (Å²) >= 11 is 0. The van der Waals surface area contributed by atoms with Crippen LogP contribution in [0.1, 0.15) is 62.3 Å². The Kier molecular flexibility index (Phi) is 4.43. The molecule has 0 bridgehead atoms. The highest BCUT2D eigenvalue weighted by Gasteiger charge is 2.35. The highest BCUT2D eigenvalue weighted by atomic mass is 16.4. The molecule has 0 radical (unpaired) electrons. The van der Waals surface area contributed by atoms with E-state index in [1.165, 1.54) is 19.3 Å². The van der Waals surface area contributed by atoms with E-state index in [-0.39, 0.29) is 5.92 Å². The summed E-state index contributed by atoms with van der Waals surface area (Å²) in [6, 6.07) is 0.402. The number of nitrogens with zero attached hydrogens (tertiary/aromatic N) is 2. The molecule has 1 aliphatic carbocycles. The van der Waals surface area contributed by atoms with Gasteiger partial charge in [-0.3, -0.25) is 9.69 Å². The van der Waals surface area contributed by atoms with Crippen LogP contribution in [0.3, 0.4) is 0 Å². The molecule has 0 aromatic carbocycles. The van der Waals surface area contributed by atoms with E-state index < -0.39 is 0 Å². The summed E-state index contributed by atoms with van der Waals surface area (Å²) < 4.78 is 5.74. The zero-order valence-corrected chi connectivity index (χ0v) is 13.2. The van der Waals surface area contributed by atoms with Crippen molar-refractivity contribution in [3.05, 3.63) is 17.3 Å². The van der Waals surface area contributed by atoms with E-state index in [0.29, 0.717) is 11.8 Å². The number of aromatic nitrogens is 1. The van der Waals surface area contributed by atoms with Gasteiger partial charge in [0.2, 0.25) is 5.89 Å². The molecule has 2 unspecified atom stereocenters. The Labute approximate surface area is 126 Å². The van der Waals surface area contributed by atoms with Gasteiger partial charge in [0.05, 0.1) is 12.2 Å². The summed E-state index contributed by atoms with van der Waals surface area (Å²) in [5.41, 5.74) is 0.979. The van der Waals surface area contributed by atoms with Gasteiger partial charge in [0, 0.05) is 18.4 Å². The van der Waals surface area contributed by atoms with Gasteiger partial charge in [-0.1, -0.05) is 12.8 Å². The standard InChI is InChI=1S/C17H26N2O2/c1-12-13(2)21-17(18-12)11-19-10-6-5-8-15(19)14-7-3-4-9-16(14)20/h14-15H,3-11H2,1-2H3. The fourth-order valence-electron chi connectivity index (χ4n) is 3.87. The Bertz CT molecular complexity index is 489. The van der Waals surface area contributed by atoms with Crippen molar-refractivity contribution in [1.29, 1.82) is 0 Å². The molecule has 1 aliphatic heterocycles. The van der Waals surface area contributed by atoms with Crippen molar-refractivity contribution in [3.63, 3.8) is 0 Å². The quantitative estimate of drug-likeness (QED) is 0.856. The molecule has 2 fully saturated rings. The van der Waals surface area contributed by atoms with Gasteiger partial charge in [-0.25, -0.2) is 4.98 Å². The first-order chi connectivity index (χ1) is 10.1. The van der Waals surface area contributed by atoms with E-state index in [4.69, 9.17) is 4.42 Å². The smallest absolute Gasteiger partial charge is 0.208 e. The summed E-state index contributed by atoms with van der Waals surface area (Å²) in [5, 5.41) is 0. The Hall–Kier alpha value is -1.16. The maximum atomic E-state index is 12.3. The van der Waals surface area contributed by atoms with Gasteiger partial charge in [0.15, 0.2) is 0 Å². The number of piperidine rings is 1. The average molecular weight is 290 g/mol. The van der Waals surface area contributed by atoms with Gasteiger partial charge in [-0.05, 0) is 46.1 Å². The SMILES string of the molecule is Cc1nc(CN2CCCCC2C2CCCCC2=O)oc1C. The first-order valence-corrected chi connectivity index (χ1v) is 8.35. The molecule has 1 aromatic rings. The number of likely N-dealkylation sites (tertiary alicyclic amines) is 1. The van der Waals surface area contributed by atoms with Gasteiger partial charge in [0.1, 0.15) is 11.5 Å². The van der Waals surface area contributed by atoms with Gasteiger partial charge in [0.25, 0.3) is 0 Å². The number of oxazole rings is 1. The van der Waals surface area contributed by atoms with Crippen LogP contribution >= 0.6 is 0 Å². The number of carbonyl (C=O) groups is 1. The lowest BCUT2D eigenvalue weighted by molar-refractivity contribution is -0.128. The minimum Gasteiger partial charge on any atom is -0.444 e. The lowest BCUT2D eigenvalue weighted by Crippen LogP contribution is -2.47. The summed E-state index contributed by atoms with van der Waals surface area (Å²) in [5.74, 6) is 2.45. The second-order valence-corrected chi connectivity index (χ2v) is 6.60. The molecule has 1 saturated carbocycles. The zero-order chi connectivity index (χ0) is 14.8. The molecule has 1 saturated heterocycles. The van der Waals surface area contributed by atoms with Gasteiger partial charge in [-0.15, -0.1) is 0 Å². The molecule has 0 N–H and O–H groups in total. The van der Waals surface area contributed by atoms with Crippen molar-refractivity contribution >= 4 is 5.78 Å². The van der Waals surface area contributed by atoms with E-state index >= 15 is 0 Å². The van der Waals surface area contributed by atoms with Crippen LogP contribution in [0.2, 0.25) is 0 Å². The highest BCUT2D eigenvalue weighted by Crippen LogP contribution is 2.32. The number of Topliss-reactive ketones (excluding diaryl/α,β-unsaturated/α-hetero) is 1. The number of aryl methyl sites for hydroxylation is 2. The molecule has 4 heteroatoms. The molecule has 3 rings (SSSR count). The number of hydrogen-bond acceptors (Lipinski definition) is 4. The van der Waals surface area contributed by atoms with Crippen molar-refractivity contribution in [1.82, 2.24) is 9.88 Å². The zero-order valence-electron chi connectivity index (χ0n) is 13.2. The van der Waals surface area contributed by atoms with Crippen molar-refractivity contribution in [2.75, 3.05) is 6.54 Å². The molecule has 2 heterocycles. The molecular weight excluding hydrogens is 264 g/mol. The fraction of sp³-hybridized carbons (Fsp3) is 0.765. The molecule has 2 atom stereocenters. The van der Waals surface area contributed by atoms with Crippen molar-refractivity contribution in [2.45, 2.75) is 71.4 Å². The normalized spacial score (nSPS) is 28.0. The number of ketones is 1. The topological polar surface area (TPSA) is 46.3 Å². The second kappa shape index (κ2) is 6.30. The van der Waals surface area contributed by atoms with Crippen molar-refractivity contribution in [3.8, 4) is 0 Å². The number of hydrogen-bond donors (Lipinski definition) is 0. The molecular formula is C17H26N2O2. The predicted octanol–water partition coefficient (Wildman–Crippen LogP) is 3.41. The molecule has 21 heavy (non-hydrogen) atoms. The summed E-state index contributed by atoms with van der Waals surface area (Å²) in [4.78, 5) is 19.2. The second-order valence-electron chi connectivity index (χ2n) is 6.60. The van der Waals surface area contributed by atoms with Gasteiger partial charge >= 0.3 is 0 Å². The molecule has 0 spiro atoms. The highest BCUT2D eigenvalue weighted by molar-refractivity contribution is 5.82. The Morgan fingerprint density at radius 3 is 2.71 bits per heavy atom. The Morgan fingerprint density at radius 1 is 1.19 bits per heavy atom. The average Bonchev–Trinajstić information content (AvgIpc) is 2.79. The monoisotopic (exact) mass is 290 g/mol.